The standard InChI is InChI=1S/C21H22ClN3OS/c1-4-11-25-20(13-26-19-10-5-15(2)12-16(19)3)23-24-21(25)27-14-17-6-8-18(22)9-7-17/h4-10,12H,1,11,13-14H2,2-3H3. The molecule has 140 valence electrons. The molecule has 0 N–H and O–H groups in total. The van der Waals surface area contributed by atoms with Crippen LogP contribution in [-0.4, -0.2) is 14.8 Å². The Morgan fingerprint density at radius 3 is 2.63 bits per heavy atom. The molecule has 0 saturated carbocycles. The highest BCUT2D eigenvalue weighted by molar-refractivity contribution is 7.98. The van der Waals surface area contributed by atoms with Crippen LogP contribution < -0.4 is 4.74 Å². The second-order valence-corrected chi connectivity index (χ2v) is 7.65. The summed E-state index contributed by atoms with van der Waals surface area (Å²) in [4.78, 5) is 0. The van der Waals surface area contributed by atoms with Crippen LogP contribution in [-0.2, 0) is 18.9 Å². The van der Waals surface area contributed by atoms with Gasteiger partial charge in [-0.15, -0.1) is 16.8 Å². The number of thioether (sulfide) groups is 1. The van der Waals surface area contributed by atoms with Crippen molar-refractivity contribution in [3.8, 4) is 5.75 Å². The van der Waals surface area contributed by atoms with Gasteiger partial charge in [-0.3, -0.25) is 4.57 Å². The van der Waals surface area contributed by atoms with E-state index in [4.69, 9.17) is 16.3 Å². The smallest absolute Gasteiger partial charge is 0.191 e. The monoisotopic (exact) mass is 399 g/mol. The SMILES string of the molecule is C=CCn1c(COc2ccc(C)cc2C)nnc1SCc1ccc(Cl)cc1. The van der Waals surface area contributed by atoms with E-state index in [2.05, 4.69) is 29.8 Å². The molecule has 1 heterocycles. The Kier molecular flexibility index (Phi) is 6.58. The van der Waals surface area contributed by atoms with Crippen LogP contribution in [0.25, 0.3) is 0 Å². The number of nitrogens with zero attached hydrogens (tertiary/aromatic N) is 3. The zero-order valence-electron chi connectivity index (χ0n) is 15.5. The Balaban J connectivity index is 1.70. The lowest BCUT2D eigenvalue weighted by molar-refractivity contribution is 0.287. The maximum absolute atomic E-state index is 5.97. The number of ether oxygens (including phenoxy) is 1. The number of aryl methyl sites for hydroxylation is 2. The third-order valence-electron chi connectivity index (χ3n) is 4.07. The van der Waals surface area contributed by atoms with Crippen LogP contribution in [0.2, 0.25) is 5.02 Å². The van der Waals surface area contributed by atoms with Crippen LogP contribution >= 0.6 is 23.4 Å². The quantitative estimate of drug-likeness (QED) is 0.365. The van der Waals surface area contributed by atoms with Crippen molar-refractivity contribution in [1.29, 1.82) is 0 Å². The van der Waals surface area contributed by atoms with Gasteiger partial charge in [-0.2, -0.15) is 0 Å². The second kappa shape index (κ2) is 9.11. The second-order valence-electron chi connectivity index (χ2n) is 6.27. The lowest BCUT2D eigenvalue weighted by atomic mass is 10.1. The molecule has 0 aliphatic heterocycles. The van der Waals surface area contributed by atoms with E-state index in [0.717, 1.165) is 33.1 Å². The van der Waals surface area contributed by atoms with Gasteiger partial charge in [-0.25, -0.2) is 0 Å². The molecule has 0 atom stereocenters. The molecule has 0 saturated heterocycles. The highest BCUT2D eigenvalue weighted by atomic mass is 35.5. The average molecular weight is 400 g/mol. The van der Waals surface area contributed by atoms with Crippen LogP contribution in [0.1, 0.15) is 22.5 Å². The normalized spacial score (nSPS) is 10.8. The van der Waals surface area contributed by atoms with Crippen molar-refractivity contribution in [3.63, 3.8) is 0 Å². The Morgan fingerprint density at radius 2 is 1.93 bits per heavy atom. The maximum atomic E-state index is 5.97. The van der Waals surface area contributed by atoms with Gasteiger partial charge in [0.2, 0.25) is 0 Å². The molecule has 3 aromatic rings. The molecule has 0 aliphatic carbocycles. The molecular formula is C21H22ClN3OS. The topological polar surface area (TPSA) is 39.9 Å². The zero-order chi connectivity index (χ0) is 19.2. The molecule has 1 aromatic heterocycles. The van der Waals surface area contributed by atoms with Gasteiger partial charge in [0, 0.05) is 17.3 Å². The number of rotatable bonds is 8. The third-order valence-corrected chi connectivity index (χ3v) is 5.36. The third kappa shape index (κ3) is 5.15. The molecular weight excluding hydrogens is 378 g/mol. The lowest BCUT2D eigenvalue weighted by Crippen LogP contribution is -2.08. The number of allylic oxidation sites excluding steroid dienone is 1. The van der Waals surface area contributed by atoms with E-state index in [-0.39, 0.29) is 0 Å². The Labute approximate surface area is 169 Å². The van der Waals surface area contributed by atoms with Crippen LogP contribution in [0.3, 0.4) is 0 Å². The number of halogens is 1. The summed E-state index contributed by atoms with van der Waals surface area (Å²) in [6.07, 6.45) is 1.84. The van der Waals surface area contributed by atoms with Crippen molar-refractivity contribution >= 4 is 23.4 Å². The summed E-state index contributed by atoms with van der Waals surface area (Å²) in [5, 5.41) is 10.3. The lowest BCUT2D eigenvalue weighted by Gasteiger charge is -2.11. The first kappa shape index (κ1) is 19.5. The van der Waals surface area contributed by atoms with Crippen molar-refractivity contribution in [2.45, 2.75) is 37.9 Å². The zero-order valence-corrected chi connectivity index (χ0v) is 17.1. The molecule has 0 spiro atoms. The van der Waals surface area contributed by atoms with E-state index in [1.54, 1.807) is 11.8 Å². The summed E-state index contributed by atoms with van der Waals surface area (Å²) in [5.74, 6) is 2.45. The van der Waals surface area contributed by atoms with E-state index < -0.39 is 0 Å². The fourth-order valence-electron chi connectivity index (χ4n) is 2.68. The van der Waals surface area contributed by atoms with Crippen molar-refractivity contribution in [1.82, 2.24) is 14.8 Å². The van der Waals surface area contributed by atoms with Gasteiger partial charge in [0.15, 0.2) is 11.0 Å². The first-order valence-corrected chi connectivity index (χ1v) is 10.0. The molecule has 0 fully saturated rings. The van der Waals surface area contributed by atoms with Gasteiger partial charge < -0.3 is 4.74 Å². The summed E-state index contributed by atoms with van der Waals surface area (Å²) < 4.78 is 8.01. The first-order chi connectivity index (χ1) is 13.1. The minimum atomic E-state index is 0.367. The van der Waals surface area contributed by atoms with E-state index in [9.17, 15) is 0 Å². The number of hydrogen-bond donors (Lipinski definition) is 0. The van der Waals surface area contributed by atoms with E-state index in [1.807, 2.05) is 54.0 Å². The van der Waals surface area contributed by atoms with Gasteiger partial charge in [0.25, 0.3) is 0 Å². The van der Waals surface area contributed by atoms with Crippen LogP contribution in [0.4, 0.5) is 0 Å². The molecule has 6 heteroatoms. The summed E-state index contributed by atoms with van der Waals surface area (Å²) >= 11 is 7.58. The first-order valence-electron chi connectivity index (χ1n) is 8.67. The van der Waals surface area contributed by atoms with Crippen molar-refractivity contribution in [2.75, 3.05) is 0 Å². The van der Waals surface area contributed by atoms with Gasteiger partial charge in [0.05, 0.1) is 0 Å². The number of hydrogen-bond acceptors (Lipinski definition) is 4. The Hall–Kier alpha value is -2.24. The van der Waals surface area contributed by atoms with E-state index >= 15 is 0 Å². The minimum absolute atomic E-state index is 0.367. The predicted molar refractivity (Wildman–Crippen MR) is 111 cm³/mol. The highest BCUT2D eigenvalue weighted by Crippen LogP contribution is 2.24. The Morgan fingerprint density at radius 1 is 1.15 bits per heavy atom. The Bertz CT molecular complexity index is 922. The van der Waals surface area contributed by atoms with Gasteiger partial charge >= 0.3 is 0 Å². The summed E-state index contributed by atoms with van der Waals surface area (Å²) in [5.41, 5.74) is 3.52. The molecule has 2 aromatic carbocycles. The van der Waals surface area contributed by atoms with Gasteiger partial charge in [0.1, 0.15) is 12.4 Å². The molecule has 0 aliphatic rings. The minimum Gasteiger partial charge on any atom is -0.485 e. The van der Waals surface area contributed by atoms with Gasteiger partial charge in [-0.05, 0) is 43.2 Å². The summed E-state index contributed by atoms with van der Waals surface area (Å²) in [6.45, 7) is 8.97. The number of aromatic nitrogens is 3. The molecule has 27 heavy (non-hydrogen) atoms. The van der Waals surface area contributed by atoms with Crippen molar-refractivity contribution in [3.05, 3.63) is 82.7 Å². The van der Waals surface area contributed by atoms with E-state index in [1.165, 1.54) is 11.1 Å². The van der Waals surface area contributed by atoms with E-state index in [0.29, 0.717) is 13.2 Å². The largest absolute Gasteiger partial charge is 0.485 e. The maximum Gasteiger partial charge on any atom is 0.191 e. The fourth-order valence-corrected chi connectivity index (χ4v) is 3.73. The molecule has 0 amide bonds. The fraction of sp³-hybridized carbons (Fsp3) is 0.238. The van der Waals surface area contributed by atoms with Crippen LogP contribution in [0.15, 0.2) is 60.3 Å². The van der Waals surface area contributed by atoms with Crippen LogP contribution in [0.5, 0.6) is 5.75 Å². The van der Waals surface area contributed by atoms with Crippen molar-refractivity contribution < 1.29 is 4.74 Å². The molecule has 0 bridgehead atoms. The predicted octanol–water partition coefficient (Wildman–Crippen LogP) is 5.61. The molecule has 0 radical (unpaired) electrons. The summed E-state index contributed by atoms with van der Waals surface area (Å²) in [6, 6.07) is 14.0. The number of benzene rings is 2. The molecule has 4 nitrogen and oxygen atoms in total. The average Bonchev–Trinajstić information content (AvgIpc) is 3.03. The molecule has 0 unspecified atom stereocenters. The van der Waals surface area contributed by atoms with Gasteiger partial charge in [-0.1, -0.05) is 59.3 Å². The van der Waals surface area contributed by atoms with Crippen molar-refractivity contribution in [2.24, 2.45) is 0 Å². The molecule has 3 rings (SSSR count). The summed E-state index contributed by atoms with van der Waals surface area (Å²) in [7, 11) is 0. The van der Waals surface area contributed by atoms with Crippen LogP contribution in [0, 0.1) is 13.8 Å². The highest BCUT2D eigenvalue weighted by Gasteiger charge is 2.13.